The molecule has 3 heterocycles. The van der Waals surface area contributed by atoms with Gasteiger partial charge in [0, 0.05) is 32.7 Å². The second-order valence-electron chi connectivity index (χ2n) is 13.8. The molecule has 3 aromatic heterocycles. The van der Waals surface area contributed by atoms with Crippen molar-refractivity contribution >= 4 is 43.6 Å². The van der Waals surface area contributed by atoms with Crippen LogP contribution in [0, 0.1) is 34.0 Å². The lowest BCUT2D eigenvalue weighted by atomic mass is 9.99. The van der Waals surface area contributed by atoms with Crippen LogP contribution in [0.25, 0.3) is 88.5 Å². The summed E-state index contributed by atoms with van der Waals surface area (Å²) in [6.07, 6.45) is 1.93. The van der Waals surface area contributed by atoms with Crippen LogP contribution in [0.4, 0.5) is 0 Å². The van der Waals surface area contributed by atoms with E-state index in [1.54, 1.807) is 0 Å². The van der Waals surface area contributed by atoms with Gasteiger partial charge in [0.2, 0.25) is 0 Å². The SMILES string of the molecule is N#Cc1ccc(-c2ccc3c4ccccc4n(-c4cc(-c5ccccc5C#N)c(-n5c6ccccc6c6ccc(-c7ccc(C#N)cc7)cc65)cn4)c3c2)cc1. The highest BCUT2D eigenvalue weighted by Gasteiger charge is 2.21. The van der Waals surface area contributed by atoms with E-state index in [1.165, 1.54) is 0 Å². The molecule has 56 heavy (non-hydrogen) atoms. The topological polar surface area (TPSA) is 94.1 Å². The lowest BCUT2D eigenvalue weighted by Gasteiger charge is -2.17. The van der Waals surface area contributed by atoms with E-state index in [0.717, 1.165) is 88.5 Å². The first-order valence-electron chi connectivity index (χ1n) is 18.2. The molecule has 0 unspecified atom stereocenters. The minimum atomic E-state index is 0.565. The van der Waals surface area contributed by atoms with E-state index in [0.29, 0.717) is 16.7 Å². The predicted octanol–water partition coefficient (Wildman–Crippen LogP) is 11.9. The Kier molecular flexibility index (Phi) is 7.53. The van der Waals surface area contributed by atoms with Gasteiger partial charge in [-0.1, -0.05) is 103 Å². The highest BCUT2D eigenvalue weighted by atomic mass is 15.1. The van der Waals surface area contributed by atoms with Gasteiger partial charge in [-0.25, -0.2) is 4.98 Å². The first kappa shape index (κ1) is 32.4. The zero-order valence-electron chi connectivity index (χ0n) is 29.8. The van der Waals surface area contributed by atoms with Crippen LogP contribution in [0.2, 0.25) is 0 Å². The van der Waals surface area contributed by atoms with E-state index < -0.39 is 0 Å². The fraction of sp³-hybridized carbons (Fsp3) is 0. The summed E-state index contributed by atoms with van der Waals surface area (Å²) in [7, 11) is 0. The van der Waals surface area contributed by atoms with Gasteiger partial charge in [0.25, 0.3) is 0 Å². The summed E-state index contributed by atoms with van der Waals surface area (Å²) in [5.74, 6) is 0.721. The number of nitrogens with zero attached hydrogens (tertiary/aromatic N) is 6. The molecule has 6 heteroatoms. The fourth-order valence-corrected chi connectivity index (χ4v) is 8.05. The third-order valence-electron chi connectivity index (χ3n) is 10.7. The normalized spacial score (nSPS) is 11.2. The Hall–Kier alpha value is -8.24. The number of fused-ring (bicyclic) bond motifs is 6. The highest BCUT2D eigenvalue weighted by molar-refractivity contribution is 6.12. The van der Waals surface area contributed by atoms with Crippen LogP contribution in [0.3, 0.4) is 0 Å². The molecule has 0 aliphatic heterocycles. The number of benzene rings is 7. The summed E-state index contributed by atoms with van der Waals surface area (Å²) in [5, 5.41) is 33.6. The van der Waals surface area contributed by atoms with Crippen molar-refractivity contribution in [2.24, 2.45) is 0 Å². The lowest BCUT2D eigenvalue weighted by Crippen LogP contribution is -2.04. The summed E-state index contributed by atoms with van der Waals surface area (Å²) in [5.41, 5.74) is 12.4. The van der Waals surface area contributed by atoms with Gasteiger partial charge in [-0.2, -0.15) is 15.8 Å². The number of hydrogen-bond acceptors (Lipinski definition) is 4. The van der Waals surface area contributed by atoms with Crippen molar-refractivity contribution in [1.82, 2.24) is 14.1 Å². The molecule has 0 spiro atoms. The van der Waals surface area contributed by atoms with Gasteiger partial charge in [0.05, 0.1) is 68.8 Å². The van der Waals surface area contributed by atoms with Crippen LogP contribution in [0.15, 0.2) is 170 Å². The minimum absolute atomic E-state index is 0.565. The molecule has 6 nitrogen and oxygen atoms in total. The molecule has 0 N–H and O–H groups in total. The van der Waals surface area contributed by atoms with Gasteiger partial charge in [-0.05, 0) is 82.9 Å². The lowest BCUT2D eigenvalue weighted by molar-refractivity contribution is 1.06. The third-order valence-corrected chi connectivity index (χ3v) is 10.7. The standard InChI is InChI=1S/C50H28N6/c51-28-32-13-17-34(18-14-32)36-21-23-42-40-9-3-5-11-45(40)55(47(42)25-36)49-31-54-50(27-44(49)39-8-2-1-7-38(39)30-53)56-46-12-6-4-10-41(46)43-24-22-37(26-48(43)56)35-19-15-33(29-52)16-20-35/h1-27,31H. The van der Waals surface area contributed by atoms with Crippen LogP contribution < -0.4 is 0 Å². The Bertz CT molecular complexity index is 3330. The van der Waals surface area contributed by atoms with Crippen LogP contribution in [-0.2, 0) is 0 Å². The van der Waals surface area contributed by atoms with Gasteiger partial charge in [0.1, 0.15) is 5.82 Å². The van der Waals surface area contributed by atoms with Crippen molar-refractivity contribution in [3.05, 3.63) is 187 Å². The summed E-state index contributed by atoms with van der Waals surface area (Å²) >= 11 is 0. The van der Waals surface area contributed by atoms with Crippen LogP contribution >= 0.6 is 0 Å². The molecule has 7 aromatic carbocycles. The van der Waals surface area contributed by atoms with Crippen LogP contribution in [-0.4, -0.2) is 14.1 Å². The molecule has 258 valence electrons. The number of para-hydroxylation sites is 2. The zero-order chi connectivity index (χ0) is 37.8. The molecule has 10 aromatic rings. The van der Waals surface area contributed by atoms with Gasteiger partial charge >= 0.3 is 0 Å². The van der Waals surface area contributed by atoms with Crippen molar-refractivity contribution in [3.8, 4) is 63.1 Å². The van der Waals surface area contributed by atoms with Crippen LogP contribution in [0.5, 0.6) is 0 Å². The number of aromatic nitrogens is 3. The second-order valence-corrected chi connectivity index (χ2v) is 13.8. The summed E-state index contributed by atoms with van der Waals surface area (Å²) in [6.45, 7) is 0. The molecular formula is C50H28N6. The van der Waals surface area contributed by atoms with Crippen molar-refractivity contribution in [3.63, 3.8) is 0 Å². The smallest absolute Gasteiger partial charge is 0.138 e. The molecule has 0 atom stereocenters. The van der Waals surface area contributed by atoms with E-state index in [1.807, 2.05) is 91.1 Å². The molecule has 0 saturated carbocycles. The predicted molar refractivity (Wildman–Crippen MR) is 223 cm³/mol. The highest BCUT2D eigenvalue weighted by Crippen LogP contribution is 2.41. The molecule has 0 radical (unpaired) electrons. The Balaban J connectivity index is 1.25. The number of rotatable bonds is 5. The van der Waals surface area contributed by atoms with Crippen molar-refractivity contribution in [2.75, 3.05) is 0 Å². The molecule has 10 rings (SSSR count). The Morgan fingerprint density at radius 2 is 0.875 bits per heavy atom. The van der Waals surface area contributed by atoms with Crippen molar-refractivity contribution < 1.29 is 0 Å². The van der Waals surface area contributed by atoms with Crippen molar-refractivity contribution in [1.29, 1.82) is 15.8 Å². The maximum atomic E-state index is 10.4. The summed E-state index contributed by atoms with van der Waals surface area (Å²) < 4.78 is 4.46. The summed E-state index contributed by atoms with van der Waals surface area (Å²) in [6, 6.07) is 61.7. The Labute approximate surface area is 322 Å². The van der Waals surface area contributed by atoms with E-state index in [-0.39, 0.29) is 0 Å². The number of pyridine rings is 1. The monoisotopic (exact) mass is 712 g/mol. The number of hydrogen-bond donors (Lipinski definition) is 0. The quantitative estimate of drug-likeness (QED) is 0.177. The van der Waals surface area contributed by atoms with E-state index >= 15 is 0 Å². The second kappa shape index (κ2) is 13.0. The fourth-order valence-electron chi connectivity index (χ4n) is 8.05. The maximum Gasteiger partial charge on any atom is 0.138 e. The molecular weight excluding hydrogens is 685 g/mol. The van der Waals surface area contributed by atoms with Gasteiger partial charge in [-0.15, -0.1) is 0 Å². The third kappa shape index (κ3) is 5.12. The van der Waals surface area contributed by atoms with E-state index in [9.17, 15) is 15.8 Å². The van der Waals surface area contributed by atoms with E-state index in [2.05, 4.69) is 106 Å². The molecule has 0 bridgehead atoms. The number of nitriles is 3. The molecule has 0 amide bonds. The van der Waals surface area contributed by atoms with Gasteiger partial charge < -0.3 is 4.57 Å². The average Bonchev–Trinajstić information content (AvgIpc) is 3.78. The van der Waals surface area contributed by atoms with Gasteiger partial charge in [0.15, 0.2) is 0 Å². The first-order valence-corrected chi connectivity index (χ1v) is 18.2. The largest absolute Gasteiger partial charge is 0.307 e. The Morgan fingerprint density at radius 3 is 1.45 bits per heavy atom. The molecule has 0 saturated heterocycles. The van der Waals surface area contributed by atoms with Gasteiger partial charge in [-0.3, -0.25) is 4.57 Å². The van der Waals surface area contributed by atoms with Crippen molar-refractivity contribution in [2.45, 2.75) is 0 Å². The maximum absolute atomic E-state index is 10.4. The molecule has 0 aliphatic rings. The molecule has 0 fully saturated rings. The van der Waals surface area contributed by atoms with E-state index in [4.69, 9.17) is 4.98 Å². The Morgan fingerprint density at radius 1 is 0.393 bits per heavy atom. The summed E-state index contributed by atoms with van der Waals surface area (Å²) in [4.78, 5) is 5.25. The first-order chi connectivity index (χ1) is 27.6. The van der Waals surface area contributed by atoms with Crippen LogP contribution in [0.1, 0.15) is 16.7 Å². The minimum Gasteiger partial charge on any atom is -0.307 e. The average molecular weight is 713 g/mol. The molecule has 0 aliphatic carbocycles. The zero-order valence-corrected chi connectivity index (χ0v) is 29.8.